The second-order valence-corrected chi connectivity index (χ2v) is 8.28. The largest absolute Gasteiger partial charge is 0.462 e. The molecular formula is C19H18N4O6S2. The van der Waals surface area contributed by atoms with Crippen LogP contribution in [0.3, 0.4) is 0 Å². The highest BCUT2D eigenvalue weighted by Crippen LogP contribution is 2.29. The number of imide groups is 1. The standard InChI is InChI=1S/C19H18N4O6S2/c1-2-29-17(27)11-3-5-12(6-4-11)21-14(24)9-13-16(26)23(19(28)31-13)10-15(25)22-18-20-7-8-30-18/h3-8,13H,2,9-10H2,1H3,(H,21,24)(H,20,22,25)/t13-/m1/s1. The fraction of sp³-hybridized carbons (Fsp3) is 0.263. The van der Waals surface area contributed by atoms with Gasteiger partial charge in [-0.1, -0.05) is 11.8 Å². The lowest BCUT2D eigenvalue weighted by atomic mass is 10.2. The van der Waals surface area contributed by atoms with Crippen LogP contribution in [0.1, 0.15) is 23.7 Å². The summed E-state index contributed by atoms with van der Waals surface area (Å²) < 4.78 is 4.89. The molecule has 162 valence electrons. The molecule has 2 aromatic rings. The van der Waals surface area contributed by atoms with Crippen molar-refractivity contribution in [1.29, 1.82) is 0 Å². The first-order valence-electron chi connectivity index (χ1n) is 9.15. The molecular weight excluding hydrogens is 444 g/mol. The molecule has 1 aromatic heterocycles. The number of esters is 1. The molecule has 4 amide bonds. The van der Waals surface area contributed by atoms with E-state index in [-0.39, 0.29) is 13.0 Å². The molecule has 0 saturated carbocycles. The van der Waals surface area contributed by atoms with Gasteiger partial charge in [0.25, 0.3) is 5.24 Å². The van der Waals surface area contributed by atoms with Gasteiger partial charge in [0.2, 0.25) is 17.7 Å². The molecule has 1 fully saturated rings. The Balaban J connectivity index is 1.52. The molecule has 0 spiro atoms. The summed E-state index contributed by atoms with van der Waals surface area (Å²) in [5.41, 5.74) is 0.776. The van der Waals surface area contributed by atoms with Crippen LogP contribution in [-0.2, 0) is 19.1 Å². The quantitative estimate of drug-likeness (QED) is 0.571. The first-order valence-corrected chi connectivity index (χ1v) is 10.9. The number of nitrogens with zero attached hydrogens (tertiary/aromatic N) is 2. The van der Waals surface area contributed by atoms with Crippen LogP contribution in [0.25, 0.3) is 0 Å². The van der Waals surface area contributed by atoms with Crippen LogP contribution in [0.5, 0.6) is 0 Å². The number of rotatable bonds is 8. The zero-order chi connectivity index (χ0) is 22.4. The molecule has 12 heteroatoms. The third kappa shape index (κ3) is 5.89. The van der Waals surface area contributed by atoms with Crippen molar-refractivity contribution in [3.8, 4) is 0 Å². The maximum Gasteiger partial charge on any atom is 0.338 e. The van der Waals surface area contributed by atoms with Crippen LogP contribution in [0, 0.1) is 0 Å². The van der Waals surface area contributed by atoms with E-state index in [9.17, 15) is 24.0 Å². The van der Waals surface area contributed by atoms with Gasteiger partial charge in [0.1, 0.15) is 11.8 Å². The molecule has 1 aliphatic heterocycles. The third-order valence-electron chi connectivity index (χ3n) is 4.04. The van der Waals surface area contributed by atoms with Gasteiger partial charge in [-0.05, 0) is 31.2 Å². The fourth-order valence-electron chi connectivity index (χ4n) is 2.64. The normalized spacial score (nSPS) is 15.6. The first kappa shape index (κ1) is 22.4. The van der Waals surface area contributed by atoms with Crippen molar-refractivity contribution in [2.24, 2.45) is 0 Å². The van der Waals surface area contributed by atoms with Crippen LogP contribution in [-0.4, -0.2) is 57.2 Å². The van der Waals surface area contributed by atoms with Gasteiger partial charge in [-0.3, -0.25) is 24.1 Å². The van der Waals surface area contributed by atoms with Gasteiger partial charge in [0.05, 0.1) is 12.2 Å². The molecule has 2 N–H and O–H groups in total. The number of hydrogen-bond acceptors (Lipinski definition) is 9. The lowest BCUT2D eigenvalue weighted by Gasteiger charge is -2.13. The molecule has 1 aromatic carbocycles. The SMILES string of the molecule is CCOC(=O)c1ccc(NC(=O)C[C@H]2SC(=O)N(CC(=O)Nc3nccs3)C2=O)cc1. The molecule has 1 saturated heterocycles. The van der Waals surface area contributed by atoms with Gasteiger partial charge in [-0.15, -0.1) is 11.3 Å². The van der Waals surface area contributed by atoms with E-state index in [1.165, 1.54) is 41.8 Å². The molecule has 31 heavy (non-hydrogen) atoms. The van der Waals surface area contributed by atoms with Crippen molar-refractivity contribution in [2.75, 3.05) is 23.8 Å². The summed E-state index contributed by atoms with van der Waals surface area (Å²) >= 11 is 1.91. The number of thioether (sulfide) groups is 1. The maximum atomic E-state index is 12.5. The molecule has 1 atom stereocenters. The van der Waals surface area contributed by atoms with Crippen molar-refractivity contribution >= 4 is 62.8 Å². The molecule has 0 unspecified atom stereocenters. The number of benzene rings is 1. The number of carbonyl (C=O) groups is 5. The van der Waals surface area contributed by atoms with Gasteiger partial charge < -0.3 is 15.4 Å². The number of nitrogens with one attached hydrogen (secondary N) is 2. The summed E-state index contributed by atoms with van der Waals surface area (Å²) in [6.07, 6.45) is 1.28. The average Bonchev–Trinajstić information content (AvgIpc) is 3.32. The van der Waals surface area contributed by atoms with Crippen molar-refractivity contribution in [3.63, 3.8) is 0 Å². The van der Waals surface area contributed by atoms with Crippen LogP contribution >= 0.6 is 23.1 Å². The van der Waals surface area contributed by atoms with Crippen molar-refractivity contribution in [1.82, 2.24) is 9.88 Å². The van der Waals surface area contributed by atoms with Gasteiger partial charge in [-0.2, -0.15) is 0 Å². The Morgan fingerprint density at radius 2 is 1.87 bits per heavy atom. The zero-order valence-corrected chi connectivity index (χ0v) is 18.0. The van der Waals surface area contributed by atoms with Crippen LogP contribution in [0.2, 0.25) is 0 Å². The monoisotopic (exact) mass is 462 g/mol. The van der Waals surface area contributed by atoms with Crippen LogP contribution < -0.4 is 10.6 Å². The maximum absolute atomic E-state index is 12.5. The minimum absolute atomic E-state index is 0.237. The Bertz CT molecular complexity index is 993. The van der Waals surface area contributed by atoms with E-state index < -0.39 is 40.7 Å². The Morgan fingerprint density at radius 1 is 1.13 bits per heavy atom. The molecule has 2 heterocycles. The van der Waals surface area contributed by atoms with Crippen molar-refractivity contribution < 1.29 is 28.7 Å². The van der Waals surface area contributed by atoms with Gasteiger partial charge in [-0.25, -0.2) is 9.78 Å². The van der Waals surface area contributed by atoms with Crippen LogP contribution in [0.4, 0.5) is 15.6 Å². The van der Waals surface area contributed by atoms with Gasteiger partial charge in [0.15, 0.2) is 5.13 Å². The summed E-state index contributed by atoms with van der Waals surface area (Å²) in [5, 5.41) is 5.65. The highest BCUT2D eigenvalue weighted by Gasteiger charge is 2.41. The number of hydrogen-bond donors (Lipinski definition) is 2. The Kier molecular flexibility index (Phi) is 7.36. The predicted octanol–water partition coefficient (Wildman–Crippen LogP) is 2.35. The summed E-state index contributed by atoms with van der Waals surface area (Å²) in [6, 6.07) is 6.09. The molecule has 0 aliphatic carbocycles. The Hall–Kier alpha value is -3.25. The second kappa shape index (κ2) is 10.2. The van der Waals surface area contributed by atoms with E-state index in [1.807, 2.05) is 0 Å². The number of amides is 4. The number of carbonyl (C=O) groups excluding carboxylic acids is 5. The summed E-state index contributed by atoms with van der Waals surface area (Å²) in [6.45, 7) is 1.51. The average molecular weight is 463 g/mol. The summed E-state index contributed by atoms with van der Waals surface area (Å²) in [5.74, 6) is -2.09. The fourth-order valence-corrected chi connectivity index (χ4v) is 4.18. The zero-order valence-electron chi connectivity index (χ0n) is 16.3. The van der Waals surface area contributed by atoms with E-state index in [0.29, 0.717) is 28.1 Å². The molecule has 0 radical (unpaired) electrons. The minimum Gasteiger partial charge on any atom is -0.462 e. The van der Waals surface area contributed by atoms with E-state index in [4.69, 9.17) is 4.74 Å². The summed E-state index contributed by atoms with van der Waals surface area (Å²) in [7, 11) is 0. The summed E-state index contributed by atoms with van der Waals surface area (Å²) in [4.78, 5) is 65.3. The highest BCUT2D eigenvalue weighted by atomic mass is 32.2. The van der Waals surface area contributed by atoms with Crippen molar-refractivity contribution in [3.05, 3.63) is 41.4 Å². The smallest absolute Gasteiger partial charge is 0.338 e. The number of ether oxygens (including phenoxy) is 1. The lowest BCUT2D eigenvalue weighted by molar-refractivity contribution is -0.131. The highest BCUT2D eigenvalue weighted by molar-refractivity contribution is 8.15. The molecule has 10 nitrogen and oxygen atoms in total. The number of anilines is 2. The Labute approximate surface area is 185 Å². The van der Waals surface area contributed by atoms with E-state index in [0.717, 1.165) is 4.90 Å². The second-order valence-electron chi connectivity index (χ2n) is 6.23. The predicted molar refractivity (Wildman–Crippen MR) is 115 cm³/mol. The number of thiazole rings is 1. The molecule has 3 rings (SSSR count). The third-order valence-corrected chi connectivity index (χ3v) is 5.80. The lowest BCUT2D eigenvalue weighted by Crippen LogP contribution is -2.38. The Morgan fingerprint density at radius 3 is 2.52 bits per heavy atom. The topological polar surface area (TPSA) is 135 Å². The van der Waals surface area contributed by atoms with Crippen molar-refractivity contribution in [2.45, 2.75) is 18.6 Å². The minimum atomic E-state index is -0.918. The van der Waals surface area contributed by atoms with Gasteiger partial charge >= 0.3 is 5.97 Å². The van der Waals surface area contributed by atoms with E-state index in [1.54, 1.807) is 12.3 Å². The van der Waals surface area contributed by atoms with E-state index in [2.05, 4.69) is 15.6 Å². The van der Waals surface area contributed by atoms with E-state index >= 15 is 0 Å². The molecule has 1 aliphatic rings. The number of aromatic nitrogens is 1. The molecule has 0 bridgehead atoms. The van der Waals surface area contributed by atoms with Gasteiger partial charge in [0, 0.05) is 23.7 Å². The first-order chi connectivity index (χ1) is 14.9. The van der Waals surface area contributed by atoms with Crippen LogP contribution in [0.15, 0.2) is 35.8 Å².